The van der Waals surface area contributed by atoms with Gasteiger partial charge < -0.3 is 14.6 Å². The van der Waals surface area contributed by atoms with Gasteiger partial charge >= 0.3 is 0 Å². The Labute approximate surface area is 119 Å². The van der Waals surface area contributed by atoms with Gasteiger partial charge in [-0.25, -0.2) is 0 Å². The Morgan fingerprint density at radius 1 is 1.25 bits per heavy atom. The molecule has 0 aromatic carbocycles. The summed E-state index contributed by atoms with van der Waals surface area (Å²) in [5, 5.41) is 2.79. The van der Waals surface area contributed by atoms with Gasteiger partial charge in [-0.15, -0.1) is 0 Å². The van der Waals surface area contributed by atoms with Crippen molar-refractivity contribution in [2.45, 2.75) is 39.2 Å². The monoisotopic (exact) mass is 278 g/mol. The Kier molecular flexibility index (Phi) is 4.82. The van der Waals surface area contributed by atoms with E-state index < -0.39 is 6.04 Å². The number of carbonyl (C=O) groups excluding carboxylic acids is 2. The zero-order valence-corrected chi connectivity index (χ0v) is 12.1. The van der Waals surface area contributed by atoms with Crippen molar-refractivity contribution in [1.29, 1.82) is 0 Å². The van der Waals surface area contributed by atoms with E-state index in [2.05, 4.69) is 5.32 Å². The molecule has 1 aromatic rings. The fraction of sp³-hybridized carbons (Fsp3) is 0.600. The van der Waals surface area contributed by atoms with Gasteiger partial charge in [-0.1, -0.05) is 13.8 Å². The molecule has 0 saturated carbocycles. The highest BCUT2D eigenvalue weighted by Crippen LogP contribution is 2.14. The van der Waals surface area contributed by atoms with Gasteiger partial charge in [0.25, 0.3) is 5.91 Å². The summed E-state index contributed by atoms with van der Waals surface area (Å²) in [5.74, 6) is -0.0379. The molecule has 1 aliphatic heterocycles. The normalized spacial score (nSPS) is 17.1. The predicted octanol–water partition coefficient (Wildman–Crippen LogP) is 2.05. The van der Waals surface area contributed by atoms with E-state index in [0.717, 1.165) is 25.9 Å². The van der Waals surface area contributed by atoms with Crippen molar-refractivity contribution in [1.82, 2.24) is 10.2 Å². The minimum absolute atomic E-state index is 0.0135. The number of hydrogen-bond donors (Lipinski definition) is 1. The Morgan fingerprint density at radius 2 is 1.95 bits per heavy atom. The van der Waals surface area contributed by atoms with Crippen LogP contribution in [0, 0.1) is 5.92 Å². The second-order valence-corrected chi connectivity index (χ2v) is 5.56. The average Bonchev–Trinajstić information content (AvgIpc) is 2.98. The van der Waals surface area contributed by atoms with Crippen molar-refractivity contribution in [3.05, 3.63) is 24.2 Å². The van der Waals surface area contributed by atoms with E-state index in [4.69, 9.17) is 4.42 Å². The summed E-state index contributed by atoms with van der Waals surface area (Å²) in [6, 6.07) is 2.76. The van der Waals surface area contributed by atoms with E-state index in [9.17, 15) is 9.59 Å². The molecule has 0 spiro atoms. The summed E-state index contributed by atoms with van der Waals surface area (Å²) in [7, 11) is 0. The number of piperidine rings is 1. The fourth-order valence-corrected chi connectivity index (χ4v) is 2.44. The summed E-state index contributed by atoms with van der Waals surface area (Å²) in [6.45, 7) is 5.46. The molecule has 2 amide bonds. The Bertz CT molecular complexity index is 448. The Hall–Kier alpha value is -1.78. The van der Waals surface area contributed by atoms with Crippen molar-refractivity contribution < 1.29 is 14.0 Å². The highest BCUT2D eigenvalue weighted by molar-refractivity contribution is 5.95. The number of likely N-dealkylation sites (tertiary alicyclic amines) is 1. The molecule has 0 aliphatic carbocycles. The molecule has 110 valence electrons. The van der Waals surface area contributed by atoms with Crippen molar-refractivity contribution in [2.24, 2.45) is 5.92 Å². The van der Waals surface area contributed by atoms with Crippen LogP contribution in [0.15, 0.2) is 22.8 Å². The molecule has 1 unspecified atom stereocenters. The second-order valence-electron chi connectivity index (χ2n) is 5.56. The van der Waals surface area contributed by atoms with E-state index in [1.165, 1.54) is 12.7 Å². The molecule has 1 atom stereocenters. The van der Waals surface area contributed by atoms with Crippen LogP contribution in [-0.2, 0) is 4.79 Å². The molecule has 0 radical (unpaired) electrons. The van der Waals surface area contributed by atoms with Crippen LogP contribution >= 0.6 is 0 Å². The SMILES string of the molecule is CC(C)C(NC(=O)c1ccco1)C(=O)N1CCCCC1. The van der Waals surface area contributed by atoms with Gasteiger partial charge in [0.2, 0.25) is 5.91 Å². The first kappa shape index (κ1) is 14.6. The van der Waals surface area contributed by atoms with Crippen LogP contribution in [0.4, 0.5) is 0 Å². The third kappa shape index (κ3) is 3.40. The summed E-state index contributed by atoms with van der Waals surface area (Å²) in [4.78, 5) is 26.4. The van der Waals surface area contributed by atoms with E-state index in [1.807, 2.05) is 18.7 Å². The van der Waals surface area contributed by atoms with Crippen LogP contribution in [0.3, 0.4) is 0 Å². The molecule has 1 aliphatic rings. The number of amides is 2. The van der Waals surface area contributed by atoms with Gasteiger partial charge in [0.1, 0.15) is 6.04 Å². The van der Waals surface area contributed by atoms with Crippen LogP contribution in [0.5, 0.6) is 0 Å². The number of furan rings is 1. The third-order valence-corrected chi connectivity index (χ3v) is 3.63. The van der Waals surface area contributed by atoms with Gasteiger partial charge in [0, 0.05) is 13.1 Å². The predicted molar refractivity (Wildman–Crippen MR) is 75.2 cm³/mol. The number of hydrogen-bond acceptors (Lipinski definition) is 3. The van der Waals surface area contributed by atoms with Gasteiger partial charge in [-0.3, -0.25) is 9.59 Å². The topological polar surface area (TPSA) is 62.6 Å². The van der Waals surface area contributed by atoms with Crippen LogP contribution in [0.1, 0.15) is 43.7 Å². The zero-order valence-electron chi connectivity index (χ0n) is 12.1. The highest BCUT2D eigenvalue weighted by atomic mass is 16.3. The molecule has 0 bridgehead atoms. The summed E-state index contributed by atoms with van der Waals surface area (Å²) < 4.78 is 5.06. The summed E-state index contributed by atoms with van der Waals surface area (Å²) in [5.41, 5.74) is 0. The van der Waals surface area contributed by atoms with Crippen molar-refractivity contribution in [3.8, 4) is 0 Å². The van der Waals surface area contributed by atoms with Crippen molar-refractivity contribution in [2.75, 3.05) is 13.1 Å². The van der Waals surface area contributed by atoms with Gasteiger partial charge in [-0.2, -0.15) is 0 Å². The molecule has 5 heteroatoms. The standard InChI is InChI=1S/C15H22N2O3/c1-11(2)13(15(19)17-8-4-3-5-9-17)16-14(18)12-7-6-10-20-12/h6-7,10-11,13H,3-5,8-9H2,1-2H3,(H,16,18). The first-order valence-electron chi connectivity index (χ1n) is 7.22. The van der Waals surface area contributed by atoms with Gasteiger partial charge in [0.05, 0.1) is 6.26 Å². The van der Waals surface area contributed by atoms with Gasteiger partial charge in [0.15, 0.2) is 5.76 Å². The van der Waals surface area contributed by atoms with Crippen LogP contribution in [-0.4, -0.2) is 35.8 Å². The van der Waals surface area contributed by atoms with Crippen molar-refractivity contribution >= 4 is 11.8 Å². The lowest BCUT2D eigenvalue weighted by molar-refractivity contribution is -0.135. The molecule has 1 saturated heterocycles. The van der Waals surface area contributed by atoms with E-state index in [0.29, 0.717) is 0 Å². The smallest absolute Gasteiger partial charge is 0.287 e. The molecule has 2 rings (SSSR count). The summed E-state index contributed by atoms with van der Waals surface area (Å²) in [6.07, 6.45) is 4.71. The number of carbonyl (C=O) groups is 2. The van der Waals surface area contributed by atoms with Crippen LogP contribution < -0.4 is 5.32 Å². The van der Waals surface area contributed by atoms with Crippen molar-refractivity contribution in [3.63, 3.8) is 0 Å². The first-order chi connectivity index (χ1) is 9.59. The largest absolute Gasteiger partial charge is 0.459 e. The zero-order chi connectivity index (χ0) is 14.5. The van der Waals surface area contributed by atoms with E-state index >= 15 is 0 Å². The maximum atomic E-state index is 12.5. The number of rotatable bonds is 4. The number of nitrogens with one attached hydrogen (secondary N) is 1. The third-order valence-electron chi connectivity index (χ3n) is 3.63. The Morgan fingerprint density at radius 3 is 2.50 bits per heavy atom. The molecular weight excluding hydrogens is 256 g/mol. The first-order valence-corrected chi connectivity index (χ1v) is 7.22. The second kappa shape index (κ2) is 6.59. The lowest BCUT2D eigenvalue weighted by Crippen LogP contribution is -2.52. The van der Waals surface area contributed by atoms with Crippen LogP contribution in [0.25, 0.3) is 0 Å². The molecule has 5 nitrogen and oxygen atoms in total. The fourth-order valence-electron chi connectivity index (χ4n) is 2.44. The van der Waals surface area contributed by atoms with Crippen LogP contribution in [0.2, 0.25) is 0 Å². The summed E-state index contributed by atoms with van der Waals surface area (Å²) >= 11 is 0. The maximum absolute atomic E-state index is 12.5. The molecule has 1 aromatic heterocycles. The molecule has 2 heterocycles. The quantitative estimate of drug-likeness (QED) is 0.916. The molecule has 1 fully saturated rings. The lowest BCUT2D eigenvalue weighted by atomic mass is 10.0. The van der Waals surface area contributed by atoms with E-state index in [1.54, 1.807) is 12.1 Å². The molecule has 1 N–H and O–H groups in total. The lowest BCUT2D eigenvalue weighted by Gasteiger charge is -2.32. The Balaban J connectivity index is 2.02. The minimum atomic E-state index is -0.495. The highest BCUT2D eigenvalue weighted by Gasteiger charge is 2.30. The van der Waals surface area contributed by atoms with Gasteiger partial charge in [-0.05, 0) is 37.3 Å². The molecule has 20 heavy (non-hydrogen) atoms. The molecular formula is C15H22N2O3. The van der Waals surface area contributed by atoms with E-state index in [-0.39, 0.29) is 23.5 Å². The maximum Gasteiger partial charge on any atom is 0.287 e. The number of nitrogens with zero attached hydrogens (tertiary/aromatic N) is 1. The minimum Gasteiger partial charge on any atom is -0.459 e. The average molecular weight is 278 g/mol.